The first-order valence-electron chi connectivity index (χ1n) is 10.5. The minimum atomic E-state index is 0.113. The smallest absolute Gasteiger partial charge is 0.224 e. The predicted molar refractivity (Wildman–Crippen MR) is 116 cm³/mol. The van der Waals surface area contributed by atoms with E-state index in [1.165, 1.54) is 35.0 Å². The zero-order valence-electron chi connectivity index (χ0n) is 17.7. The Hall–Kier alpha value is -2.60. The van der Waals surface area contributed by atoms with Gasteiger partial charge in [-0.25, -0.2) is 0 Å². The number of rotatable bonds is 6. The van der Waals surface area contributed by atoms with Crippen LogP contribution in [0.4, 0.5) is 0 Å². The van der Waals surface area contributed by atoms with Gasteiger partial charge in [-0.15, -0.1) is 0 Å². The molecule has 1 saturated heterocycles. The molecule has 4 rings (SSSR count). The van der Waals surface area contributed by atoms with Crippen molar-refractivity contribution >= 4 is 16.8 Å². The molecule has 1 aliphatic heterocycles. The quantitative estimate of drug-likeness (QED) is 0.701. The summed E-state index contributed by atoms with van der Waals surface area (Å²) in [7, 11) is 4.02. The number of hydrogen-bond acceptors (Lipinski definition) is 3. The molecule has 6 heteroatoms. The van der Waals surface area contributed by atoms with Crippen LogP contribution in [-0.2, 0) is 31.9 Å². The SMILES string of the molecule is Cc1c(CN2CCCC(CNC(=O)Cc3cn(C)c4ccccc34)C2)cnn1C. The van der Waals surface area contributed by atoms with Crippen LogP contribution in [0, 0.1) is 12.8 Å². The number of benzene rings is 1. The number of fused-ring (bicyclic) bond motifs is 1. The minimum Gasteiger partial charge on any atom is -0.355 e. The van der Waals surface area contributed by atoms with E-state index in [1.54, 1.807) is 0 Å². The normalized spacial score (nSPS) is 17.7. The Bertz CT molecular complexity index is 1000. The second-order valence-corrected chi connectivity index (χ2v) is 8.39. The van der Waals surface area contributed by atoms with Gasteiger partial charge in [0.1, 0.15) is 0 Å². The molecule has 6 nitrogen and oxygen atoms in total. The Labute approximate surface area is 172 Å². The zero-order valence-corrected chi connectivity index (χ0v) is 17.7. The second kappa shape index (κ2) is 8.41. The Kier molecular flexibility index (Phi) is 5.72. The standard InChI is InChI=1S/C23H31N5O/c1-17-20(13-25-27(17)3)16-28-10-6-7-18(14-28)12-24-23(29)11-19-15-26(2)22-9-5-4-8-21(19)22/h4-5,8-9,13,15,18H,6-7,10-12,14,16H2,1-3H3,(H,24,29). The van der Waals surface area contributed by atoms with Gasteiger partial charge < -0.3 is 9.88 Å². The fraction of sp³-hybridized carbons (Fsp3) is 0.478. The minimum absolute atomic E-state index is 0.113. The summed E-state index contributed by atoms with van der Waals surface area (Å²) in [6, 6.07) is 8.26. The van der Waals surface area contributed by atoms with Gasteiger partial charge in [-0.1, -0.05) is 18.2 Å². The van der Waals surface area contributed by atoms with Crippen molar-refractivity contribution in [3.05, 3.63) is 53.5 Å². The average molecular weight is 394 g/mol. The van der Waals surface area contributed by atoms with Crippen molar-refractivity contribution in [1.82, 2.24) is 24.6 Å². The number of piperidine rings is 1. The molecule has 1 amide bonds. The molecule has 1 fully saturated rings. The molecule has 3 aromatic rings. The molecule has 1 N–H and O–H groups in total. The number of aryl methyl sites for hydroxylation is 2. The van der Waals surface area contributed by atoms with Gasteiger partial charge in [-0.3, -0.25) is 14.4 Å². The highest BCUT2D eigenvalue weighted by Crippen LogP contribution is 2.21. The predicted octanol–water partition coefficient (Wildman–Crippen LogP) is 2.79. The maximum Gasteiger partial charge on any atom is 0.224 e. The number of hydrogen-bond donors (Lipinski definition) is 1. The Morgan fingerprint density at radius 3 is 2.86 bits per heavy atom. The van der Waals surface area contributed by atoms with Crippen molar-refractivity contribution in [2.75, 3.05) is 19.6 Å². The third-order valence-electron chi connectivity index (χ3n) is 6.25. The van der Waals surface area contributed by atoms with Crippen LogP contribution in [0.25, 0.3) is 10.9 Å². The molecular weight excluding hydrogens is 362 g/mol. The molecule has 0 spiro atoms. The lowest BCUT2D eigenvalue weighted by Gasteiger charge is -2.32. The maximum atomic E-state index is 12.6. The number of amides is 1. The van der Waals surface area contributed by atoms with Crippen LogP contribution < -0.4 is 5.32 Å². The molecule has 2 aromatic heterocycles. The fourth-order valence-electron chi connectivity index (χ4n) is 4.46. The van der Waals surface area contributed by atoms with E-state index in [0.29, 0.717) is 12.3 Å². The molecule has 3 heterocycles. The molecule has 1 atom stereocenters. The lowest BCUT2D eigenvalue weighted by atomic mass is 9.97. The van der Waals surface area contributed by atoms with E-state index in [9.17, 15) is 4.79 Å². The van der Waals surface area contributed by atoms with E-state index in [-0.39, 0.29) is 5.91 Å². The van der Waals surface area contributed by atoms with Crippen LogP contribution in [0.3, 0.4) is 0 Å². The van der Waals surface area contributed by atoms with Gasteiger partial charge in [0, 0.05) is 62.1 Å². The third kappa shape index (κ3) is 4.37. The largest absolute Gasteiger partial charge is 0.355 e. The summed E-state index contributed by atoms with van der Waals surface area (Å²) >= 11 is 0. The van der Waals surface area contributed by atoms with Crippen LogP contribution in [0.5, 0.6) is 0 Å². The van der Waals surface area contributed by atoms with Crippen molar-refractivity contribution in [2.24, 2.45) is 20.0 Å². The summed E-state index contributed by atoms with van der Waals surface area (Å²) in [5.41, 5.74) is 4.80. The molecule has 0 radical (unpaired) electrons. The zero-order chi connectivity index (χ0) is 20.4. The van der Waals surface area contributed by atoms with E-state index in [1.807, 2.05) is 37.1 Å². The van der Waals surface area contributed by atoms with Crippen molar-refractivity contribution in [2.45, 2.75) is 32.7 Å². The second-order valence-electron chi connectivity index (χ2n) is 8.39. The number of aromatic nitrogens is 3. The highest BCUT2D eigenvalue weighted by molar-refractivity contribution is 5.89. The highest BCUT2D eigenvalue weighted by Gasteiger charge is 2.22. The number of carbonyl (C=O) groups is 1. The van der Waals surface area contributed by atoms with Crippen molar-refractivity contribution < 1.29 is 4.79 Å². The molecule has 0 aliphatic carbocycles. The van der Waals surface area contributed by atoms with Crippen LogP contribution >= 0.6 is 0 Å². The summed E-state index contributed by atoms with van der Waals surface area (Å²) < 4.78 is 4.03. The van der Waals surface area contributed by atoms with Gasteiger partial charge in [-0.2, -0.15) is 5.10 Å². The number of nitrogens with zero attached hydrogens (tertiary/aromatic N) is 4. The summed E-state index contributed by atoms with van der Waals surface area (Å²) in [6.45, 7) is 5.97. The topological polar surface area (TPSA) is 55.1 Å². The first kappa shape index (κ1) is 19.7. The van der Waals surface area contributed by atoms with Crippen LogP contribution in [0.15, 0.2) is 36.7 Å². The van der Waals surface area contributed by atoms with Crippen LogP contribution in [0.1, 0.15) is 29.7 Å². The third-order valence-corrected chi connectivity index (χ3v) is 6.25. The molecule has 1 unspecified atom stereocenters. The van der Waals surface area contributed by atoms with Gasteiger partial charge >= 0.3 is 0 Å². The number of carbonyl (C=O) groups excluding carboxylic acids is 1. The first-order valence-corrected chi connectivity index (χ1v) is 10.5. The Balaban J connectivity index is 1.30. The van der Waals surface area contributed by atoms with Gasteiger partial charge in [0.25, 0.3) is 0 Å². The highest BCUT2D eigenvalue weighted by atomic mass is 16.1. The van der Waals surface area contributed by atoms with Crippen LogP contribution in [-0.4, -0.2) is 44.8 Å². The van der Waals surface area contributed by atoms with Gasteiger partial charge in [0.15, 0.2) is 0 Å². The van der Waals surface area contributed by atoms with Gasteiger partial charge in [0.2, 0.25) is 5.91 Å². The molecule has 154 valence electrons. The molecule has 0 bridgehead atoms. The number of nitrogens with one attached hydrogen (secondary N) is 1. The van der Waals surface area contributed by atoms with Gasteiger partial charge in [-0.05, 0) is 43.9 Å². The lowest BCUT2D eigenvalue weighted by Crippen LogP contribution is -2.40. The van der Waals surface area contributed by atoms with Crippen molar-refractivity contribution in [3.63, 3.8) is 0 Å². The van der Waals surface area contributed by atoms with E-state index in [4.69, 9.17) is 0 Å². The fourth-order valence-corrected chi connectivity index (χ4v) is 4.46. The van der Waals surface area contributed by atoms with E-state index in [2.05, 4.69) is 45.1 Å². The first-order chi connectivity index (χ1) is 14.0. The summed E-state index contributed by atoms with van der Waals surface area (Å²) in [5.74, 6) is 0.624. The monoisotopic (exact) mass is 393 g/mol. The molecule has 1 aromatic carbocycles. The summed E-state index contributed by atoms with van der Waals surface area (Å²) in [4.78, 5) is 15.1. The Morgan fingerprint density at radius 2 is 2.07 bits per heavy atom. The average Bonchev–Trinajstić information content (AvgIpc) is 3.21. The molecular formula is C23H31N5O. The van der Waals surface area contributed by atoms with Crippen molar-refractivity contribution in [1.29, 1.82) is 0 Å². The molecule has 1 aliphatic rings. The summed E-state index contributed by atoms with van der Waals surface area (Å²) in [6.07, 6.45) is 6.85. The maximum absolute atomic E-state index is 12.6. The van der Waals surface area contributed by atoms with E-state index in [0.717, 1.165) is 31.7 Å². The number of para-hydroxylation sites is 1. The van der Waals surface area contributed by atoms with Gasteiger partial charge in [0.05, 0.1) is 12.6 Å². The van der Waals surface area contributed by atoms with Crippen LogP contribution in [0.2, 0.25) is 0 Å². The molecule has 29 heavy (non-hydrogen) atoms. The Morgan fingerprint density at radius 1 is 1.24 bits per heavy atom. The van der Waals surface area contributed by atoms with E-state index >= 15 is 0 Å². The number of likely N-dealkylation sites (tertiary alicyclic amines) is 1. The molecule has 0 saturated carbocycles. The lowest BCUT2D eigenvalue weighted by molar-refractivity contribution is -0.120. The van der Waals surface area contributed by atoms with E-state index < -0.39 is 0 Å². The summed E-state index contributed by atoms with van der Waals surface area (Å²) in [5, 5.41) is 8.71. The van der Waals surface area contributed by atoms with Crippen molar-refractivity contribution in [3.8, 4) is 0 Å².